The summed E-state index contributed by atoms with van der Waals surface area (Å²) in [6, 6.07) is 17.0. The topological polar surface area (TPSA) is 12.0 Å². The maximum Gasteiger partial charge on any atom is 0.0932 e. The monoisotopic (exact) mass is 365 g/mol. The van der Waals surface area contributed by atoms with Crippen LogP contribution in [0.25, 0.3) is 10.8 Å². The Bertz CT molecular complexity index is 753. The van der Waals surface area contributed by atoms with E-state index in [0.29, 0.717) is 0 Å². The third-order valence-electron chi connectivity index (χ3n) is 3.21. The summed E-state index contributed by atoms with van der Waals surface area (Å²) in [5.41, 5.74) is 1.12. The summed E-state index contributed by atoms with van der Waals surface area (Å²) < 4.78 is 1.93. The van der Waals surface area contributed by atoms with Gasteiger partial charge >= 0.3 is 0 Å². The van der Waals surface area contributed by atoms with Crippen LogP contribution in [0.1, 0.15) is 17.8 Å². The third kappa shape index (κ3) is 3.00. The average molecular weight is 367 g/mol. The second-order valence-electron chi connectivity index (χ2n) is 4.71. The summed E-state index contributed by atoms with van der Waals surface area (Å²) >= 11 is 11.1. The van der Waals surface area contributed by atoms with Gasteiger partial charge in [0.15, 0.2) is 0 Å². The Labute approximate surface area is 135 Å². The van der Waals surface area contributed by atoms with E-state index in [1.807, 2.05) is 6.07 Å². The first-order chi connectivity index (χ1) is 9.61. The number of anilines is 1. The van der Waals surface area contributed by atoms with E-state index >= 15 is 0 Å². The van der Waals surface area contributed by atoms with Gasteiger partial charge in [0, 0.05) is 15.0 Å². The van der Waals surface area contributed by atoms with E-state index < -0.39 is 0 Å². The largest absolute Gasteiger partial charge is 0.378 e. The first kappa shape index (κ1) is 13.9. The first-order valence-electron chi connectivity index (χ1n) is 6.33. The molecule has 3 rings (SSSR count). The highest BCUT2D eigenvalue weighted by atomic mass is 79.9. The van der Waals surface area contributed by atoms with Gasteiger partial charge < -0.3 is 5.32 Å². The summed E-state index contributed by atoms with van der Waals surface area (Å²) in [7, 11) is 0. The zero-order valence-corrected chi connectivity index (χ0v) is 14.0. The molecular weight excluding hydrogens is 354 g/mol. The maximum absolute atomic E-state index is 5.99. The number of fused-ring (bicyclic) bond motifs is 1. The Morgan fingerprint density at radius 2 is 1.80 bits per heavy atom. The van der Waals surface area contributed by atoms with Crippen LogP contribution in [0.4, 0.5) is 5.69 Å². The molecular formula is C16H13BrClNS. The van der Waals surface area contributed by atoms with E-state index in [1.165, 1.54) is 15.6 Å². The van der Waals surface area contributed by atoms with Crippen LogP contribution in [0, 0.1) is 0 Å². The smallest absolute Gasteiger partial charge is 0.0932 e. The fraction of sp³-hybridized carbons (Fsp3) is 0.125. The zero-order chi connectivity index (χ0) is 14.1. The van der Waals surface area contributed by atoms with Crippen LogP contribution in [0.3, 0.4) is 0 Å². The summed E-state index contributed by atoms with van der Waals surface area (Å²) in [6.45, 7) is 2.15. The van der Waals surface area contributed by atoms with Crippen molar-refractivity contribution in [3.8, 4) is 0 Å². The van der Waals surface area contributed by atoms with Crippen LogP contribution in [0.15, 0.2) is 53.0 Å². The Morgan fingerprint density at radius 3 is 2.55 bits per heavy atom. The van der Waals surface area contributed by atoms with E-state index in [9.17, 15) is 0 Å². The molecule has 0 aliphatic carbocycles. The van der Waals surface area contributed by atoms with Crippen LogP contribution in [-0.4, -0.2) is 0 Å². The van der Waals surface area contributed by atoms with Gasteiger partial charge in [0.1, 0.15) is 0 Å². The van der Waals surface area contributed by atoms with Crippen molar-refractivity contribution >= 4 is 55.3 Å². The van der Waals surface area contributed by atoms with Crippen LogP contribution in [0.2, 0.25) is 4.34 Å². The van der Waals surface area contributed by atoms with E-state index in [0.717, 1.165) is 14.5 Å². The van der Waals surface area contributed by atoms with Crippen molar-refractivity contribution in [2.24, 2.45) is 0 Å². The minimum atomic E-state index is 0.250. The van der Waals surface area contributed by atoms with Gasteiger partial charge in [0.2, 0.25) is 0 Å². The van der Waals surface area contributed by atoms with E-state index in [2.05, 4.69) is 70.6 Å². The van der Waals surface area contributed by atoms with E-state index in [-0.39, 0.29) is 6.04 Å². The molecule has 3 aromatic rings. The standard InChI is InChI=1S/C16H13BrClNS/c1-10(15-6-7-16(18)20-15)19-14-5-3-11-8-13(17)4-2-12(11)9-14/h2-10,19H,1H3. The molecule has 0 radical (unpaired) electrons. The summed E-state index contributed by atoms with van der Waals surface area (Å²) in [5, 5.41) is 5.98. The van der Waals surface area contributed by atoms with E-state index in [1.54, 1.807) is 11.3 Å². The van der Waals surface area contributed by atoms with Crippen molar-refractivity contribution in [2.45, 2.75) is 13.0 Å². The molecule has 0 bridgehead atoms. The molecule has 0 aliphatic rings. The molecule has 102 valence electrons. The zero-order valence-electron chi connectivity index (χ0n) is 10.9. The Kier molecular flexibility index (Phi) is 4.01. The van der Waals surface area contributed by atoms with Crippen molar-refractivity contribution in [1.29, 1.82) is 0 Å². The normalized spacial score (nSPS) is 12.6. The van der Waals surface area contributed by atoms with Gasteiger partial charge in [-0.3, -0.25) is 0 Å². The molecule has 0 aliphatic heterocycles. The fourth-order valence-electron chi connectivity index (χ4n) is 2.19. The molecule has 20 heavy (non-hydrogen) atoms. The van der Waals surface area contributed by atoms with Crippen LogP contribution in [-0.2, 0) is 0 Å². The number of thiophene rings is 1. The lowest BCUT2D eigenvalue weighted by Crippen LogP contribution is -2.04. The van der Waals surface area contributed by atoms with Gasteiger partial charge in [0.25, 0.3) is 0 Å². The van der Waals surface area contributed by atoms with E-state index in [4.69, 9.17) is 11.6 Å². The van der Waals surface area contributed by atoms with Gasteiger partial charge in [-0.15, -0.1) is 11.3 Å². The lowest BCUT2D eigenvalue weighted by Gasteiger charge is -2.14. The molecule has 0 amide bonds. The SMILES string of the molecule is CC(Nc1ccc2cc(Br)ccc2c1)c1ccc(Cl)s1. The summed E-state index contributed by atoms with van der Waals surface area (Å²) in [4.78, 5) is 1.24. The number of hydrogen-bond acceptors (Lipinski definition) is 2. The Morgan fingerprint density at radius 1 is 1.05 bits per heavy atom. The predicted octanol–water partition coefficient (Wildman–Crippen LogP) is 6.49. The molecule has 4 heteroatoms. The van der Waals surface area contributed by atoms with Crippen LogP contribution >= 0.6 is 38.9 Å². The van der Waals surface area contributed by atoms with Crippen molar-refractivity contribution in [3.63, 3.8) is 0 Å². The molecule has 0 saturated heterocycles. The summed E-state index contributed by atoms with van der Waals surface area (Å²) in [6.07, 6.45) is 0. The number of rotatable bonds is 3. The maximum atomic E-state index is 5.99. The molecule has 1 nitrogen and oxygen atoms in total. The van der Waals surface area contributed by atoms with Crippen molar-refractivity contribution in [3.05, 3.63) is 62.2 Å². The molecule has 0 spiro atoms. The number of nitrogens with one attached hydrogen (secondary N) is 1. The molecule has 2 aromatic carbocycles. The minimum absolute atomic E-state index is 0.250. The molecule has 1 unspecified atom stereocenters. The number of hydrogen-bond donors (Lipinski definition) is 1. The molecule has 1 heterocycles. The molecule has 1 aromatic heterocycles. The summed E-state index contributed by atoms with van der Waals surface area (Å²) in [5.74, 6) is 0. The van der Waals surface area contributed by atoms with Crippen molar-refractivity contribution in [1.82, 2.24) is 0 Å². The van der Waals surface area contributed by atoms with Gasteiger partial charge in [-0.1, -0.05) is 39.7 Å². The molecule has 1 N–H and O–H groups in total. The quantitative estimate of drug-likeness (QED) is 0.558. The third-order valence-corrected chi connectivity index (χ3v) is 5.11. The second-order valence-corrected chi connectivity index (χ2v) is 7.38. The van der Waals surface area contributed by atoms with Gasteiger partial charge in [-0.05, 0) is 54.1 Å². The number of benzene rings is 2. The highest BCUT2D eigenvalue weighted by molar-refractivity contribution is 9.10. The first-order valence-corrected chi connectivity index (χ1v) is 8.32. The van der Waals surface area contributed by atoms with Gasteiger partial charge in [-0.2, -0.15) is 0 Å². The highest BCUT2D eigenvalue weighted by Crippen LogP contribution is 2.30. The van der Waals surface area contributed by atoms with Crippen molar-refractivity contribution in [2.75, 3.05) is 5.32 Å². The van der Waals surface area contributed by atoms with Crippen LogP contribution in [0.5, 0.6) is 0 Å². The Hall–Kier alpha value is -1.03. The second kappa shape index (κ2) is 5.76. The Balaban J connectivity index is 1.85. The lowest BCUT2D eigenvalue weighted by atomic mass is 10.1. The molecule has 0 saturated carbocycles. The predicted molar refractivity (Wildman–Crippen MR) is 93.0 cm³/mol. The fourth-order valence-corrected chi connectivity index (χ4v) is 3.63. The van der Waals surface area contributed by atoms with Gasteiger partial charge in [-0.25, -0.2) is 0 Å². The highest BCUT2D eigenvalue weighted by Gasteiger charge is 2.08. The van der Waals surface area contributed by atoms with Crippen molar-refractivity contribution < 1.29 is 0 Å². The number of halogens is 2. The molecule has 0 fully saturated rings. The minimum Gasteiger partial charge on any atom is -0.378 e. The van der Waals surface area contributed by atoms with Gasteiger partial charge in [0.05, 0.1) is 10.4 Å². The average Bonchev–Trinajstić information content (AvgIpc) is 2.86. The molecule has 1 atom stereocenters. The van der Waals surface area contributed by atoms with Crippen LogP contribution < -0.4 is 5.32 Å². The lowest BCUT2D eigenvalue weighted by molar-refractivity contribution is 0.909.